The molecule has 2 aliphatic rings. The summed E-state index contributed by atoms with van der Waals surface area (Å²) in [6.07, 6.45) is 1.36. The molecular weight excluding hydrogens is 424 g/mol. The number of anilines is 2. The van der Waals surface area contributed by atoms with E-state index in [0.717, 1.165) is 39.1 Å². The average Bonchev–Trinajstić information content (AvgIpc) is 2.92. The minimum absolute atomic E-state index is 0.168. The van der Waals surface area contributed by atoms with Gasteiger partial charge in [-0.05, 0) is 47.7 Å². The van der Waals surface area contributed by atoms with E-state index in [-0.39, 0.29) is 17.7 Å². The predicted octanol–water partition coefficient (Wildman–Crippen LogP) is 6.43. The van der Waals surface area contributed by atoms with Crippen LogP contribution in [-0.4, -0.2) is 5.78 Å². The normalized spacial score (nSPS) is 20.8. The molecule has 0 saturated carbocycles. The molecule has 2 N–H and O–H groups in total. The lowest BCUT2D eigenvalue weighted by Crippen LogP contribution is -2.26. The van der Waals surface area contributed by atoms with Gasteiger partial charge in [0.25, 0.3) is 0 Å². The third-order valence-electron chi connectivity index (χ3n) is 5.78. The van der Waals surface area contributed by atoms with Crippen LogP contribution in [0.3, 0.4) is 0 Å². The van der Waals surface area contributed by atoms with Crippen LogP contribution in [0.4, 0.5) is 11.4 Å². The van der Waals surface area contributed by atoms with Crippen LogP contribution in [0.5, 0.6) is 0 Å². The van der Waals surface area contributed by atoms with Crippen molar-refractivity contribution in [3.63, 3.8) is 0 Å². The molecule has 0 spiro atoms. The smallest absolute Gasteiger partial charge is 0.163 e. The molecule has 0 bridgehead atoms. The first-order valence-corrected chi connectivity index (χ1v) is 10.7. The molecule has 0 fully saturated rings. The van der Waals surface area contributed by atoms with Crippen molar-refractivity contribution >= 4 is 33.1 Å². The maximum absolute atomic E-state index is 13.4. The molecule has 0 saturated heterocycles. The number of fused-ring (bicyclic) bond motifs is 1. The Balaban J connectivity index is 1.61. The number of hydrogen-bond donors (Lipinski definition) is 2. The van der Waals surface area contributed by atoms with Crippen LogP contribution in [0.2, 0.25) is 0 Å². The van der Waals surface area contributed by atoms with Gasteiger partial charge in [0.2, 0.25) is 0 Å². The molecule has 0 aromatic heterocycles. The van der Waals surface area contributed by atoms with Gasteiger partial charge in [0.15, 0.2) is 5.78 Å². The van der Waals surface area contributed by atoms with E-state index in [9.17, 15) is 4.79 Å². The van der Waals surface area contributed by atoms with Crippen molar-refractivity contribution in [1.82, 2.24) is 0 Å². The molecule has 144 valence electrons. The van der Waals surface area contributed by atoms with Crippen LogP contribution in [0, 0.1) is 0 Å². The Bertz CT molecular complexity index is 1090. The third kappa shape index (κ3) is 3.49. The van der Waals surface area contributed by atoms with Gasteiger partial charge in [-0.25, -0.2) is 0 Å². The molecule has 3 nitrogen and oxygen atoms in total. The molecule has 4 heteroatoms. The monoisotopic (exact) mass is 444 g/mol. The zero-order chi connectivity index (χ0) is 19.8. The molecule has 0 unspecified atom stereocenters. The number of ketones is 1. The van der Waals surface area contributed by atoms with Crippen molar-refractivity contribution in [2.75, 3.05) is 10.6 Å². The summed E-state index contributed by atoms with van der Waals surface area (Å²) in [4.78, 5) is 13.4. The Morgan fingerprint density at radius 3 is 2.21 bits per heavy atom. The van der Waals surface area contributed by atoms with Crippen LogP contribution < -0.4 is 10.6 Å². The summed E-state index contributed by atoms with van der Waals surface area (Å²) in [5.74, 6) is 0.409. The van der Waals surface area contributed by atoms with Crippen LogP contribution in [0.25, 0.3) is 0 Å². The number of rotatable bonds is 2. The topological polar surface area (TPSA) is 41.1 Å². The van der Waals surface area contributed by atoms with Gasteiger partial charge < -0.3 is 10.6 Å². The van der Waals surface area contributed by atoms with E-state index in [1.54, 1.807) is 0 Å². The summed E-state index contributed by atoms with van der Waals surface area (Å²) in [7, 11) is 0. The van der Waals surface area contributed by atoms with Crippen LogP contribution in [0.1, 0.15) is 35.9 Å². The highest BCUT2D eigenvalue weighted by Crippen LogP contribution is 2.44. The molecular formula is C25H21BrN2O. The van der Waals surface area contributed by atoms with Crippen molar-refractivity contribution in [2.45, 2.75) is 24.8 Å². The van der Waals surface area contributed by atoms with E-state index < -0.39 is 0 Å². The molecule has 1 heterocycles. The van der Waals surface area contributed by atoms with Gasteiger partial charge in [-0.1, -0.05) is 70.5 Å². The zero-order valence-electron chi connectivity index (χ0n) is 15.9. The van der Waals surface area contributed by atoms with E-state index in [1.165, 1.54) is 5.56 Å². The highest BCUT2D eigenvalue weighted by atomic mass is 79.9. The van der Waals surface area contributed by atoms with E-state index in [0.29, 0.717) is 6.42 Å². The van der Waals surface area contributed by atoms with Gasteiger partial charge in [0, 0.05) is 22.2 Å². The Morgan fingerprint density at radius 2 is 1.45 bits per heavy atom. The van der Waals surface area contributed by atoms with Crippen molar-refractivity contribution < 1.29 is 4.79 Å². The molecule has 2 atom stereocenters. The quantitative estimate of drug-likeness (QED) is 0.478. The minimum Gasteiger partial charge on any atom is -0.372 e. The molecule has 1 aliphatic heterocycles. The first-order valence-electron chi connectivity index (χ1n) is 9.88. The van der Waals surface area contributed by atoms with E-state index >= 15 is 0 Å². The largest absolute Gasteiger partial charge is 0.372 e. The predicted molar refractivity (Wildman–Crippen MR) is 121 cm³/mol. The van der Waals surface area contributed by atoms with Gasteiger partial charge in [0.1, 0.15) is 0 Å². The lowest BCUT2D eigenvalue weighted by Gasteiger charge is -2.30. The maximum Gasteiger partial charge on any atom is 0.163 e. The summed E-state index contributed by atoms with van der Waals surface area (Å²) in [6.45, 7) is 0. The van der Waals surface area contributed by atoms with E-state index in [1.807, 2.05) is 42.5 Å². The lowest BCUT2D eigenvalue weighted by atomic mass is 9.78. The molecule has 3 aromatic rings. The Labute approximate surface area is 179 Å². The fourth-order valence-electron chi connectivity index (χ4n) is 4.36. The van der Waals surface area contributed by atoms with Gasteiger partial charge in [0.05, 0.1) is 17.4 Å². The molecule has 29 heavy (non-hydrogen) atoms. The molecule has 5 rings (SSSR count). The molecule has 0 radical (unpaired) electrons. The summed E-state index contributed by atoms with van der Waals surface area (Å²) < 4.78 is 1.03. The Kier molecular flexibility index (Phi) is 4.72. The number of Topliss-reactive ketones (excluding diaryl/α,β-unsaturated/α-hetero) is 1. The number of halogens is 1. The third-order valence-corrected chi connectivity index (χ3v) is 6.31. The van der Waals surface area contributed by atoms with Crippen molar-refractivity contribution in [2.24, 2.45) is 0 Å². The van der Waals surface area contributed by atoms with Gasteiger partial charge >= 0.3 is 0 Å². The molecule has 0 amide bonds. The zero-order valence-corrected chi connectivity index (χ0v) is 17.4. The van der Waals surface area contributed by atoms with E-state index in [4.69, 9.17) is 0 Å². The summed E-state index contributed by atoms with van der Waals surface area (Å²) in [5.41, 5.74) is 6.22. The highest BCUT2D eigenvalue weighted by Gasteiger charge is 2.35. The van der Waals surface area contributed by atoms with Gasteiger partial charge in [-0.15, -0.1) is 0 Å². The van der Waals surface area contributed by atoms with Gasteiger partial charge in [-0.3, -0.25) is 4.79 Å². The number of hydrogen-bond acceptors (Lipinski definition) is 3. The number of nitrogens with one attached hydrogen (secondary N) is 2. The SMILES string of the molecule is O=C1C[C@H](c2ccccc2)CC2=C1[C@@H](c1ccc(Br)cc1)Nc1ccccc1N2. The standard InChI is InChI=1S/C25H21BrN2O/c26-19-12-10-17(11-13-19)25-24-22(27-20-8-4-5-9-21(20)28-25)14-18(15-23(24)29)16-6-2-1-3-7-16/h1-13,18,25,27-28H,14-15H2/t18-,25-/m1/s1. The first-order chi connectivity index (χ1) is 14.2. The second-order valence-electron chi connectivity index (χ2n) is 7.63. The number of allylic oxidation sites excluding steroid dienone is 1. The lowest BCUT2D eigenvalue weighted by molar-refractivity contribution is -0.116. The number of carbonyl (C=O) groups is 1. The fraction of sp³-hybridized carbons (Fsp3) is 0.160. The Morgan fingerprint density at radius 1 is 0.759 bits per heavy atom. The van der Waals surface area contributed by atoms with Crippen molar-refractivity contribution in [1.29, 1.82) is 0 Å². The summed E-state index contributed by atoms with van der Waals surface area (Å²) in [6, 6.07) is 26.6. The average molecular weight is 445 g/mol. The van der Waals surface area contributed by atoms with Gasteiger partial charge in [-0.2, -0.15) is 0 Å². The number of carbonyl (C=O) groups excluding carboxylic acids is 1. The summed E-state index contributed by atoms with van der Waals surface area (Å²) in [5, 5.41) is 7.21. The number of benzene rings is 3. The van der Waals surface area contributed by atoms with E-state index in [2.05, 4.69) is 63.0 Å². The molecule has 1 aliphatic carbocycles. The van der Waals surface area contributed by atoms with Crippen molar-refractivity contribution in [3.8, 4) is 0 Å². The second-order valence-corrected chi connectivity index (χ2v) is 8.55. The second kappa shape index (κ2) is 7.53. The minimum atomic E-state index is -0.168. The maximum atomic E-state index is 13.4. The highest BCUT2D eigenvalue weighted by molar-refractivity contribution is 9.10. The summed E-state index contributed by atoms with van der Waals surface area (Å²) >= 11 is 3.51. The Hall–Kier alpha value is -2.85. The van der Waals surface area contributed by atoms with Crippen LogP contribution in [-0.2, 0) is 4.79 Å². The van der Waals surface area contributed by atoms with Crippen LogP contribution in [0.15, 0.2) is 94.6 Å². The fourth-order valence-corrected chi connectivity index (χ4v) is 4.62. The first kappa shape index (κ1) is 18.2. The molecule has 3 aromatic carbocycles. The van der Waals surface area contributed by atoms with Crippen molar-refractivity contribution in [3.05, 3.63) is 106 Å². The number of para-hydroxylation sites is 2. The van der Waals surface area contributed by atoms with Crippen LogP contribution >= 0.6 is 15.9 Å².